The van der Waals surface area contributed by atoms with Gasteiger partial charge in [-0.15, -0.1) is 0 Å². The van der Waals surface area contributed by atoms with E-state index in [1.807, 2.05) is 36.4 Å². The van der Waals surface area contributed by atoms with Crippen LogP contribution in [0.1, 0.15) is 34.3 Å². The first-order valence-electron chi connectivity index (χ1n) is 11.9. The predicted molar refractivity (Wildman–Crippen MR) is 141 cm³/mol. The number of rotatable bonds is 9. The zero-order valence-corrected chi connectivity index (χ0v) is 19.9. The molecule has 8 heteroatoms. The Morgan fingerprint density at radius 2 is 1.69 bits per heavy atom. The Bertz CT molecular complexity index is 1250. The molecule has 2 amide bonds. The molecule has 3 aromatic carbocycles. The number of anilines is 2. The first-order valence-corrected chi connectivity index (χ1v) is 11.9. The second kappa shape index (κ2) is 11.8. The molecule has 0 bridgehead atoms. The standard InChI is InChI=1S/C28H28N4O4/c33-27(15-10-22-8-12-24(13-9-22)32(35)36)30-23-11-14-26(31-18-4-5-19-31)25(20-23)28(34)29-17-16-21-6-2-1-3-7-21/h1-3,6-15,20H,4-5,16-19H2,(H,29,34)(H,30,33)/b15-10+. The van der Waals surface area contributed by atoms with Crippen molar-refractivity contribution in [1.29, 1.82) is 0 Å². The molecule has 1 saturated heterocycles. The highest BCUT2D eigenvalue weighted by atomic mass is 16.6. The number of non-ortho nitro benzene ring substituents is 1. The molecule has 0 saturated carbocycles. The summed E-state index contributed by atoms with van der Waals surface area (Å²) in [7, 11) is 0. The molecule has 1 fully saturated rings. The van der Waals surface area contributed by atoms with Gasteiger partial charge in [-0.2, -0.15) is 0 Å². The number of nitrogens with one attached hydrogen (secondary N) is 2. The summed E-state index contributed by atoms with van der Waals surface area (Å²) in [5.74, 6) is -0.539. The number of hydrogen-bond donors (Lipinski definition) is 2. The molecule has 1 aliphatic rings. The van der Waals surface area contributed by atoms with Crippen LogP contribution in [0.4, 0.5) is 17.1 Å². The van der Waals surface area contributed by atoms with Crippen molar-refractivity contribution in [1.82, 2.24) is 5.32 Å². The maximum atomic E-state index is 13.1. The Morgan fingerprint density at radius 3 is 2.39 bits per heavy atom. The minimum Gasteiger partial charge on any atom is -0.371 e. The van der Waals surface area contributed by atoms with Crippen molar-refractivity contribution in [2.75, 3.05) is 29.9 Å². The summed E-state index contributed by atoms with van der Waals surface area (Å²) in [6, 6.07) is 21.3. The highest BCUT2D eigenvalue weighted by Crippen LogP contribution is 2.27. The summed E-state index contributed by atoms with van der Waals surface area (Å²) in [4.78, 5) is 38.1. The van der Waals surface area contributed by atoms with E-state index in [1.54, 1.807) is 30.3 Å². The molecule has 0 radical (unpaired) electrons. The van der Waals surface area contributed by atoms with Gasteiger partial charge in [-0.3, -0.25) is 19.7 Å². The van der Waals surface area contributed by atoms with Crippen molar-refractivity contribution in [3.63, 3.8) is 0 Å². The van der Waals surface area contributed by atoms with Crippen molar-refractivity contribution in [2.45, 2.75) is 19.3 Å². The van der Waals surface area contributed by atoms with Gasteiger partial charge in [0.25, 0.3) is 11.6 Å². The number of nitro benzene ring substituents is 1. The number of benzene rings is 3. The number of amides is 2. The molecule has 0 aromatic heterocycles. The summed E-state index contributed by atoms with van der Waals surface area (Å²) < 4.78 is 0. The summed E-state index contributed by atoms with van der Waals surface area (Å²) in [5.41, 5.74) is 3.72. The van der Waals surface area contributed by atoms with E-state index in [9.17, 15) is 19.7 Å². The smallest absolute Gasteiger partial charge is 0.269 e. The van der Waals surface area contributed by atoms with E-state index in [0.29, 0.717) is 23.4 Å². The van der Waals surface area contributed by atoms with Crippen molar-refractivity contribution < 1.29 is 14.5 Å². The van der Waals surface area contributed by atoms with Crippen LogP contribution in [-0.4, -0.2) is 36.4 Å². The second-order valence-electron chi connectivity index (χ2n) is 8.59. The summed E-state index contributed by atoms with van der Waals surface area (Å²) >= 11 is 0. The van der Waals surface area contributed by atoms with Crippen LogP contribution in [0.3, 0.4) is 0 Å². The van der Waals surface area contributed by atoms with Crippen molar-refractivity contribution in [3.05, 3.63) is 106 Å². The zero-order chi connectivity index (χ0) is 25.3. The lowest BCUT2D eigenvalue weighted by Crippen LogP contribution is -2.29. The third-order valence-electron chi connectivity index (χ3n) is 6.03. The number of hydrogen-bond acceptors (Lipinski definition) is 5. The molecular weight excluding hydrogens is 456 g/mol. The molecule has 184 valence electrons. The first kappa shape index (κ1) is 24.7. The topological polar surface area (TPSA) is 105 Å². The van der Waals surface area contributed by atoms with E-state index in [1.165, 1.54) is 18.2 Å². The normalized spacial score (nSPS) is 13.1. The molecule has 0 spiro atoms. The van der Waals surface area contributed by atoms with Gasteiger partial charge >= 0.3 is 0 Å². The van der Waals surface area contributed by atoms with Crippen LogP contribution in [0.2, 0.25) is 0 Å². The average Bonchev–Trinajstić information content (AvgIpc) is 3.43. The predicted octanol–water partition coefficient (Wildman–Crippen LogP) is 4.82. The Labute approximate surface area is 209 Å². The fourth-order valence-corrected chi connectivity index (χ4v) is 4.15. The SMILES string of the molecule is O=C(/C=C/c1ccc([N+](=O)[O-])cc1)Nc1ccc(N2CCCC2)c(C(=O)NCCc2ccccc2)c1. The maximum absolute atomic E-state index is 13.1. The Hall–Kier alpha value is -4.46. The van der Waals surface area contributed by atoms with Crippen LogP contribution < -0.4 is 15.5 Å². The van der Waals surface area contributed by atoms with Crippen LogP contribution in [0.5, 0.6) is 0 Å². The van der Waals surface area contributed by atoms with Gasteiger partial charge < -0.3 is 15.5 Å². The Balaban J connectivity index is 1.44. The molecule has 2 N–H and O–H groups in total. The summed E-state index contributed by atoms with van der Waals surface area (Å²) in [5, 5.41) is 16.6. The highest BCUT2D eigenvalue weighted by molar-refractivity contribution is 6.05. The van der Waals surface area contributed by atoms with Crippen molar-refractivity contribution >= 4 is 35.0 Å². The summed E-state index contributed by atoms with van der Waals surface area (Å²) in [6.07, 6.45) is 5.83. The van der Waals surface area contributed by atoms with Crippen LogP contribution in [0.15, 0.2) is 78.9 Å². The van der Waals surface area contributed by atoms with E-state index in [4.69, 9.17) is 0 Å². The van der Waals surface area contributed by atoms with Gasteiger partial charge in [0, 0.05) is 49.2 Å². The molecule has 1 heterocycles. The van der Waals surface area contributed by atoms with Crippen LogP contribution in [0.25, 0.3) is 6.08 Å². The lowest BCUT2D eigenvalue weighted by Gasteiger charge is -2.22. The second-order valence-corrected chi connectivity index (χ2v) is 8.59. The third kappa shape index (κ3) is 6.56. The van der Waals surface area contributed by atoms with E-state index < -0.39 is 4.92 Å². The lowest BCUT2D eigenvalue weighted by molar-refractivity contribution is -0.384. The minimum atomic E-state index is -0.471. The van der Waals surface area contributed by atoms with Gasteiger partial charge in [0.2, 0.25) is 5.91 Å². The van der Waals surface area contributed by atoms with Gasteiger partial charge in [-0.25, -0.2) is 0 Å². The molecule has 0 atom stereocenters. The van der Waals surface area contributed by atoms with E-state index >= 15 is 0 Å². The number of nitrogens with zero attached hydrogens (tertiary/aromatic N) is 2. The molecule has 1 aliphatic heterocycles. The quantitative estimate of drug-likeness (QED) is 0.257. The monoisotopic (exact) mass is 484 g/mol. The van der Waals surface area contributed by atoms with Gasteiger partial charge in [-0.1, -0.05) is 30.3 Å². The highest BCUT2D eigenvalue weighted by Gasteiger charge is 2.20. The first-order chi connectivity index (χ1) is 17.5. The van der Waals surface area contributed by atoms with E-state index in [-0.39, 0.29) is 17.5 Å². The minimum absolute atomic E-state index is 0.00994. The number of nitro groups is 1. The lowest BCUT2D eigenvalue weighted by atomic mass is 10.1. The van der Waals surface area contributed by atoms with Gasteiger partial charge in [-0.05, 0) is 66.8 Å². The van der Waals surface area contributed by atoms with Crippen LogP contribution in [0, 0.1) is 10.1 Å². The Kier molecular flexibility index (Phi) is 8.08. The largest absolute Gasteiger partial charge is 0.371 e. The van der Waals surface area contributed by atoms with Crippen LogP contribution in [-0.2, 0) is 11.2 Å². The van der Waals surface area contributed by atoms with Crippen molar-refractivity contribution in [3.8, 4) is 0 Å². The molecule has 0 aliphatic carbocycles. The summed E-state index contributed by atoms with van der Waals surface area (Å²) in [6.45, 7) is 2.30. The fraction of sp³-hybridized carbons (Fsp3) is 0.214. The Morgan fingerprint density at radius 1 is 0.972 bits per heavy atom. The molecule has 36 heavy (non-hydrogen) atoms. The molecule has 8 nitrogen and oxygen atoms in total. The zero-order valence-electron chi connectivity index (χ0n) is 19.9. The van der Waals surface area contributed by atoms with Gasteiger partial charge in [0.1, 0.15) is 0 Å². The van der Waals surface area contributed by atoms with Crippen LogP contribution >= 0.6 is 0 Å². The number of carbonyl (C=O) groups is 2. The molecular formula is C28H28N4O4. The maximum Gasteiger partial charge on any atom is 0.269 e. The molecule has 4 rings (SSSR count). The third-order valence-corrected chi connectivity index (χ3v) is 6.03. The fourth-order valence-electron chi connectivity index (χ4n) is 4.15. The van der Waals surface area contributed by atoms with Crippen molar-refractivity contribution in [2.24, 2.45) is 0 Å². The molecule has 0 unspecified atom stereocenters. The van der Waals surface area contributed by atoms with Gasteiger partial charge in [0.15, 0.2) is 0 Å². The number of carbonyl (C=O) groups excluding carboxylic acids is 2. The van der Waals surface area contributed by atoms with Gasteiger partial charge in [0.05, 0.1) is 10.5 Å². The van der Waals surface area contributed by atoms with E-state index in [0.717, 1.165) is 43.6 Å². The average molecular weight is 485 g/mol. The van der Waals surface area contributed by atoms with E-state index in [2.05, 4.69) is 15.5 Å². The molecule has 3 aromatic rings.